The first-order valence-electron chi connectivity index (χ1n) is 43.6. The number of aliphatic hydroxyl groups excluding tert-OH is 2. The Balaban J connectivity index is 1.15. The van der Waals surface area contributed by atoms with Gasteiger partial charge in [0.25, 0.3) is 0 Å². The van der Waals surface area contributed by atoms with Crippen LogP contribution in [0.15, 0.2) is 128 Å². The maximum absolute atomic E-state index is 15.7. The molecule has 0 spiro atoms. The average Bonchev–Trinajstić information content (AvgIpc) is 1.68. The topological polar surface area (TPSA) is 601 Å². The number of phenolic OH excluding ortho intramolecular Hbond substituents is 1. The number of hydrogen-bond donors (Lipinski definition) is 17. The van der Waals surface area contributed by atoms with E-state index in [0.717, 1.165) is 38.6 Å². The number of likely N-dealkylation sites (N-methyl/N-ethyl adjacent to an activating group) is 3. The summed E-state index contributed by atoms with van der Waals surface area (Å²) in [6, 6.07) is 5.06. The molecule has 9 rings (SSSR count). The molecule has 0 unspecified atom stereocenters. The molecule has 3 aliphatic rings. The van der Waals surface area contributed by atoms with Crippen molar-refractivity contribution >= 4 is 129 Å². The van der Waals surface area contributed by atoms with Crippen molar-refractivity contribution in [3.05, 3.63) is 173 Å². The zero-order chi connectivity index (χ0) is 98.9. The zero-order valence-corrected chi connectivity index (χ0v) is 75.6. The van der Waals surface area contributed by atoms with Crippen molar-refractivity contribution in [3.8, 4) is 5.75 Å². The third-order valence-corrected chi connectivity index (χ3v) is 24.4. The molecule has 1 aromatic heterocycles. The number of hydrogen-bond acceptors (Lipinski definition) is 22. The summed E-state index contributed by atoms with van der Waals surface area (Å²) in [5.41, 5.74) is 12.6. The van der Waals surface area contributed by atoms with Crippen LogP contribution >= 0.6 is 11.8 Å². The summed E-state index contributed by atoms with van der Waals surface area (Å²) < 4.78 is 45.0. The largest absolute Gasteiger partial charge is 0.508 e. The molecule has 3 aliphatic heterocycles. The number of aliphatic hydroxyl groups is 2. The van der Waals surface area contributed by atoms with Gasteiger partial charge in [-0.1, -0.05) is 125 Å². The first-order chi connectivity index (χ1) is 64.0. The van der Waals surface area contributed by atoms with Crippen LogP contribution in [0.1, 0.15) is 106 Å². The maximum atomic E-state index is 15.7. The number of aromatic hydroxyl groups is 1. The number of carbonyl (C=O) groups is 18. The number of nitrogens with zero attached hydrogens (tertiary/aromatic N) is 5. The number of benzene rings is 5. The number of amides is 16. The van der Waals surface area contributed by atoms with Gasteiger partial charge >= 0.3 is 11.9 Å². The van der Waals surface area contributed by atoms with Gasteiger partial charge in [0.2, 0.25) is 94.5 Å². The van der Waals surface area contributed by atoms with Gasteiger partial charge in [0.15, 0.2) is 17.5 Å². The van der Waals surface area contributed by atoms with Gasteiger partial charge in [-0.15, -0.1) is 11.8 Å². The first kappa shape index (κ1) is 105. The number of aromatic amines is 1. The number of nitrogens with one attached hydrogen (secondary N) is 10. The van der Waals surface area contributed by atoms with Crippen LogP contribution in [-0.2, 0) is 118 Å². The molecule has 5 aromatic carbocycles. The molecular weight excluding hydrogens is 1790 g/mol. The highest BCUT2D eigenvalue weighted by Crippen LogP contribution is 2.29. The van der Waals surface area contributed by atoms with Gasteiger partial charge in [-0.05, 0) is 76.9 Å². The summed E-state index contributed by atoms with van der Waals surface area (Å²) >= 11 is 0.548. The molecule has 44 heteroatoms. The van der Waals surface area contributed by atoms with Crippen molar-refractivity contribution in [2.75, 3.05) is 52.3 Å². The third kappa shape index (κ3) is 29.0. The number of para-hydroxylation sites is 1. The Kier molecular flexibility index (Phi) is 37.7. The number of rotatable bonds is 24. The molecule has 19 N–H and O–H groups in total. The van der Waals surface area contributed by atoms with Crippen LogP contribution in [0, 0.1) is 23.4 Å². The van der Waals surface area contributed by atoms with Crippen LogP contribution in [-0.4, -0.2) is 305 Å². The number of unbranched alkanes of at least 4 members (excludes halogenated alkanes) is 1. The Morgan fingerprint density at radius 2 is 0.993 bits per heavy atom. The van der Waals surface area contributed by atoms with E-state index in [1.165, 1.54) is 51.4 Å². The Morgan fingerprint density at radius 3 is 1.56 bits per heavy atom. The van der Waals surface area contributed by atoms with Crippen molar-refractivity contribution in [1.29, 1.82) is 0 Å². The number of fused-ring (bicyclic) bond motifs is 3. The lowest BCUT2D eigenvalue weighted by atomic mass is 9.98. The van der Waals surface area contributed by atoms with Gasteiger partial charge in [0.1, 0.15) is 84.3 Å². The number of thioether (sulfide) groups is 1. The summed E-state index contributed by atoms with van der Waals surface area (Å²) in [5, 5.41) is 76.2. The number of primary amides is 2. The molecule has 4 heterocycles. The van der Waals surface area contributed by atoms with Gasteiger partial charge in [0, 0.05) is 108 Å². The van der Waals surface area contributed by atoms with Gasteiger partial charge in [-0.2, -0.15) is 0 Å². The van der Waals surface area contributed by atoms with Crippen LogP contribution in [0.25, 0.3) is 10.9 Å². The number of carbonyl (C=O) groups excluding carboxylic acids is 16. The Morgan fingerprint density at radius 1 is 0.496 bits per heavy atom. The van der Waals surface area contributed by atoms with Crippen LogP contribution in [0.5, 0.6) is 5.75 Å². The van der Waals surface area contributed by atoms with E-state index in [-0.39, 0.29) is 37.0 Å². The number of aromatic nitrogens is 1. The molecule has 0 bridgehead atoms. The van der Waals surface area contributed by atoms with Crippen molar-refractivity contribution in [1.82, 2.24) is 77.3 Å². The van der Waals surface area contributed by atoms with E-state index in [2.05, 4.69) is 52.8 Å². The Hall–Kier alpha value is -14.0. The summed E-state index contributed by atoms with van der Waals surface area (Å²) in [7, 11) is 3.48. The van der Waals surface area contributed by atoms with Gasteiger partial charge in [-0.25, -0.2) is 13.2 Å². The smallest absolute Gasteiger partial charge is 0.305 e. The molecule has 16 amide bonds. The lowest BCUT2D eigenvalue weighted by molar-refractivity contribution is -0.152. The molecule has 6 aromatic rings. The van der Waals surface area contributed by atoms with Crippen molar-refractivity contribution in [2.45, 2.75) is 201 Å². The second-order valence-corrected chi connectivity index (χ2v) is 34.9. The highest BCUT2D eigenvalue weighted by Gasteiger charge is 2.48. The first-order valence-corrected chi connectivity index (χ1v) is 44.8. The van der Waals surface area contributed by atoms with E-state index in [1.54, 1.807) is 91.9 Å². The van der Waals surface area contributed by atoms with E-state index >= 15 is 51.9 Å². The highest BCUT2D eigenvalue weighted by atomic mass is 32.2. The number of H-pyrrole nitrogens is 1. The predicted molar refractivity (Wildman–Crippen MR) is 478 cm³/mol. The molecule has 3 saturated heterocycles. The number of nitrogens with two attached hydrogens (primary N) is 2. The molecule has 726 valence electrons. The Bertz CT molecular complexity index is 5330. The summed E-state index contributed by atoms with van der Waals surface area (Å²) in [5.74, 6) is -29.7. The molecule has 0 radical (unpaired) electrons. The third-order valence-electron chi connectivity index (χ3n) is 23.4. The number of halogens is 3. The van der Waals surface area contributed by atoms with E-state index < -0.39 is 315 Å². The maximum Gasteiger partial charge on any atom is 0.305 e. The minimum absolute atomic E-state index is 0.169. The van der Waals surface area contributed by atoms with Crippen molar-refractivity contribution in [3.63, 3.8) is 0 Å². The van der Waals surface area contributed by atoms with E-state index in [1.807, 2.05) is 0 Å². The lowest BCUT2D eigenvalue weighted by Crippen LogP contribution is -2.62. The summed E-state index contributed by atoms with van der Waals surface area (Å²) in [6.45, 7) is 2.56. The molecule has 0 aliphatic carbocycles. The minimum Gasteiger partial charge on any atom is -0.508 e. The quantitative estimate of drug-likeness (QED) is 0.0307. The SMILES string of the molecule is CCCC[C@H]1C(=O)N2C[C@H](O)C[C@@H]2C(=O)N[C@@H](CC(=O)O)C(=O)N[C@@H](C(C)C)C(=O)N(C)[C@@H](Cc2ccccc2)C(=O)N[C@@H](CCC(=O)O)C(=O)N2C[C@H](O)C[C@H]2C(=O)N[C@@H](Cc2c[nH]c3ccccc23)C(=O)N[C@@H](Cc2ccc(O)cc2)C(=O)N[C@@H](CC(N)=O)C(=O)N[C@H](C(=O)NCC(N)=O)CSCC(=O)N[C@@H](Cc2cc(F)c(F)c(F)c2)C(=O)N(C)[C@@H](Cc2ccccc2)C(=O)N1C. The summed E-state index contributed by atoms with van der Waals surface area (Å²) in [4.78, 5) is 270. The fraction of sp³-hybridized carbons (Fsp3) is 0.451. The average molecular weight is 1900 g/mol. The monoisotopic (exact) mass is 1900 g/mol. The molecule has 0 saturated carbocycles. The van der Waals surface area contributed by atoms with E-state index in [0.29, 0.717) is 57.9 Å². The molecule has 40 nitrogen and oxygen atoms in total. The van der Waals surface area contributed by atoms with Gasteiger partial charge in [0.05, 0.1) is 37.3 Å². The van der Waals surface area contributed by atoms with E-state index in [9.17, 15) is 73.1 Å². The van der Waals surface area contributed by atoms with Crippen molar-refractivity contribution in [2.24, 2.45) is 17.4 Å². The number of carboxylic acids is 2. The second kappa shape index (κ2) is 48.6. The summed E-state index contributed by atoms with van der Waals surface area (Å²) in [6.07, 6.45) is -8.52. The molecule has 15 atom stereocenters. The number of aliphatic carboxylic acids is 2. The molecular formula is C91H112F3N17O23S. The molecule has 135 heavy (non-hydrogen) atoms. The molecule has 3 fully saturated rings. The minimum atomic E-state index is -2.09. The van der Waals surface area contributed by atoms with E-state index in [4.69, 9.17) is 11.5 Å². The van der Waals surface area contributed by atoms with Gasteiger partial charge in [-0.3, -0.25) is 86.3 Å². The highest BCUT2D eigenvalue weighted by molar-refractivity contribution is 8.00. The number of phenols is 1. The fourth-order valence-corrected chi connectivity index (χ4v) is 17.0. The fourth-order valence-electron chi connectivity index (χ4n) is 16.2. The van der Waals surface area contributed by atoms with Crippen LogP contribution in [0.2, 0.25) is 0 Å². The predicted octanol–water partition coefficient (Wildman–Crippen LogP) is -1.50. The zero-order valence-electron chi connectivity index (χ0n) is 74.8. The van der Waals surface area contributed by atoms with Crippen LogP contribution in [0.3, 0.4) is 0 Å². The second-order valence-electron chi connectivity index (χ2n) is 33.8. The van der Waals surface area contributed by atoms with Crippen LogP contribution < -0.4 is 59.3 Å². The van der Waals surface area contributed by atoms with Gasteiger partial charge < -0.3 is 114 Å². The van der Waals surface area contributed by atoms with Crippen LogP contribution in [0.4, 0.5) is 13.2 Å². The normalized spacial score (nSPS) is 24.4. The lowest BCUT2D eigenvalue weighted by Gasteiger charge is -2.38. The standard InChI is InChI=1S/C91H112F3N17O23S/c1-7-8-23-67-90(133)111-44-55(114)38-70(111)86(129)104-64(40-76(120)121)83(126)106-78(47(2)3)91(134)108(5)68(34-48-17-11-9-12-18-48)84(127)100-60(28-29-75(118)119)88(131)110-43-54(113)37-69(110)85(128)103-62(36-52-41-97-59-22-16-15-21-56(52)59)81(124)101-61(32-50-24-26-53(112)27-25-50)80(123)102-63(39-72(95)115)82(125)105-66(79(122)98-42-73(96)116)45-135-46-74(117)99-65(33-51-30-57(92)77(94)58(93)31-51)87(130)109(6)71(89(132)107(67)4)35-49-19-13-10-14-20-49/h9-22,24-27,30-31,41,47,54-55,60-71,78,97,112-114H,7-8,23,28-29,32-40,42-46H2,1-6H3,(H2,95,115)(H2,96,116)(H,98,122)(H,99,117)(H,100,127)(H,101,124)(H,102,123)(H,103,128)(H,104,129)(H,105,125)(H,106,126)(H,118,119)(H,120,121)/t54-,55-,60+,61+,62+,63+,64+,65+,66+,67+,68+,69+,70-,71+,78+/m1/s1. The van der Waals surface area contributed by atoms with Crippen molar-refractivity contribution < 1.29 is 125 Å². The Labute approximate surface area is 777 Å². The number of carboxylic acid groups (broad SMARTS) is 2.